The molecule has 0 radical (unpaired) electrons. The third-order valence-electron chi connectivity index (χ3n) is 5.83. The third-order valence-corrected chi connectivity index (χ3v) is 5.83. The van der Waals surface area contributed by atoms with Gasteiger partial charge in [-0.2, -0.15) is 0 Å². The quantitative estimate of drug-likeness (QED) is 0.677. The van der Waals surface area contributed by atoms with Crippen molar-refractivity contribution in [2.24, 2.45) is 0 Å². The highest BCUT2D eigenvalue weighted by Crippen LogP contribution is 2.40. The molecule has 1 saturated heterocycles. The maximum Gasteiger partial charge on any atom is 0.336 e. The summed E-state index contributed by atoms with van der Waals surface area (Å²) in [6.45, 7) is 4.98. The van der Waals surface area contributed by atoms with Crippen molar-refractivity contribution < 1.29 is 28.6 Å². The number of allylic oxidation sites excluding steroid dienone is 2. The first-order valence-electron chi connectivity index (χ1n) is 10.7. The Hall–Kier alpha value is -3.29. The second-order valence-electron chi connectivity index (χ2n) is 7.92. The van der Waals surface area contributed by atoms with Gasteiger partial charge in [0.25, 0.3) is 5.91 Å². The summed E-state index contributed by atoms with van der Waals surface area (Å²) in [7, 11) is 2.60. The number of amides is 1. The molecule has 32 heavy (non-hydrogen) atoms. The lowest BCUT2D eigenvalue weighted by Crippen LogP contribution is -2.38. The Balaban J connectivity index is 1.90. The lowest BCUT2D eigenvalue weighted by Gasteiger charge is -2.30. The van der Waals surface area contributed by atoms with Crippen molar-refractivity contribution >= 4 is 17.8 Å². The molecular weight excluding hydrogens is 412 g/mol. The monoisotopic (exact) mass is 442 g/mol. The summed E-state index contributed by atoms with van der Waals surface area (Å²) in [5, 5.41) is 3.08. The predicted molar refractivity (Wildman–Crippen MR) is 118 cm³/mol. The molecule has 1 N–H and O–H groups in total. The van der Waals surface area contributed by atoms with E-state index in [1.54, 1.807) is 32.0 Å². The standard InChI is InChI=1S/C24H30N2O6/c1-15-20(23(28)30-3)22(21(16(2)25-15)24(29)31-4)17-9-8-10-18(13-17)32-14-19(27)26-11-6-5-7-12-26/h8-10,13,22,25H,5-7,11-12,14H2,1-4H3. The number of ether oxygens (including phenoxy) is 3. The normalized spacial score (nSPS) is 17.1. The average Bonchev–Trinajstić information content (AvgIpc) is 2.81. The zero-order chi connectivity index (χ0) is 23.3. The molecular formula is C24H30N2O6. The number of piperidine rings is 1. The van der Waals surface area contributed by atoms with Gasteiger partial charge in [-0.3, -0.25) is 4.79 Å². The first-order valence-corrected chi connectivity index (χ1v) is 10.7. The molecule has 8 nitrogen and oxygen atoms in total. The third kappa shape index (κ3) is 4.95. The van der Waals surface area contributed by atoms with Crippen LogP contribution in [0.1, 0.15) is 44.6 Å². The molecule has 0 unspecified atom stereocenters. The molecule has 172 valence electrons. The largest absolute Gasteiger partial charge is 0.484 e. The Labute approximate surface area is 188 Å². The van der Waals surface area contributed by atoms with Crippen molar-refractivity contribution in [3.8, 4) is 5.75 Å². The molecule has 2 heterocycles. The number of nitrogens with zero attached hydrogens (tertiary/aromatic N) is 1. The maximum atomic E-state index is 12.6. The summed E-state index contributed by atoms with van der Waals surface area (Å²) >= 11 is 0. The van der Waals surface area contributed by atoms with Crippen LogP contribution < -0.4 is 10.1 Å². The number of hydrogen-bond acceptors (Lipinski definition) is 7. The molecule has 1 fully saturated rings. The summed E-state index contributed by atoms with van der Waals surface area (Å²) in [4.78, 5) is 39.5. The van der Waals surface area contributed by atoms with Gasteiger partial charge in [-0.15, -0.1) is 0 Å². The summed E-state index contributed by atoms with van der Waals surface area (Å²) in [6, 6.07) is 7.07. The summed E-state index contributed by atoms with van der Waals surface area (Å²) < 4.78 is 15.8. The Morgan fingerprint density at radius 3 is 2.12 bits per heavy atom. The van der Waals surface area contributed by atoms with Gasteiger partial charge in [0.2, 0.25) is 0 Å². The van der Waals surface area contributed by atoms with Crippen molar-refractivity contribution in [1.29, 1.82) is 0 Å². The van der Waals surface area contributed by atoms with Crippen LogP contribution in [0.2, 0.25) is 0 Å². The van der Waals surface area contributed by atoms with E-state index in [1.807, 2.05) is 11.0 Å². The lowest BCUT2D eigenvalue weighted by atomic mass is 9.80. The first kappa shape index (κ1) is 23.4. The summed E-state index contributed by atoms with van der Waals surface area (Å²) in [5.74, 6) is -1.34. The molecule has 3 rings (SSSR count). The van der Waals surface area contributed by atoms with E-state index in [0.717, 1.165) is 32.4 Å². The number of methoxy groups -OCH3 is 2. The van der Waals surface area contributed by atoms with E-state index in [4.69, 9.17) is 14.2 Å². The van der Waals surface area contributed by atoms with E-state index in [2.05, 4.69) is 5.32 Å². The number of benzene rings is 1. The molecule has 0 atom stereocenters. The van der Waals surface area contributed by atoms with Gasteiger partial charge in [0, 0.05) is 24.5 Å². The molecule has 2 aliphatic heterocycles. The first-order chi connectivity index (χ1) is 15.4. The number of nitrogens with one attached hydrogen (secondary N) is 1. The molecule has 0 bridgehead atoms. The second kappa shape index (κ2) is 10.3. The van der Waals surface area contributed by atoms with Gasteiger partial charge < -0.3 is 24.4 Å². The molecule has 0 aliphatic carbocycles. The number of carbonyl (C=O) groups excluding carboxylic acids is 3. The van der Waals surface area contributed by atoms with Gasteiger partial charge in [-0.1, -0.05) is 12.1 Å². The van der Waals surface area contributed by atoms with Gasteiger partial charge in [0.15, 0.2) is 6.61 Å². The Bertz CT molecular complexity index is 921. The Morgan fingerprint density at radius 1 is 0.969 bits per heavy atom. The van der Waals surface area contributed by atoms with Crippen molar-refractivity contribution in [3.05, 3.63) is 52.4 Å². The van der Waals surface area contributed by atoms with Crippen molar-refractivity contribution in [1.82, 2.24) is 10.2 Å². The number of hydrogen-bond donors (Lipinski definition) is 1. The molecule has 1 amide bonds. The van der Waals surface area contributed by atoms with Crippen LogP contribution in [-0.4, -0.2) is 56.7 Å². The van der Waals surface area contributed by atoms with E-state index < -0.39 is 17.9 Å². The van der Waals surface area contributed by atoms with Gasteiger partial charge >= 0.3 is 11.9 Å². The number of esters is 2. The summed E-state index contributed by atoms with van der Waals surface area (Å²) in [5.41, 5.74) is 2.49. The van der Waals surface area contributed by atoms with Crippen LogP contribution >= 0.6 is 0 Å². The zero-order valence-electron chi connectivity index (χ0n) is 19.0. The molecule has 1 aromatic carbocycles. The topological polar surface area (TPSA) is 94.2 Å². The highest BCUT2D eigenvalue weighted by molar-refractivity contribution is 5.99. The summed E-state index contributed by atoms with van der Waals surface area (Å²) in [6.07, 6.45) is 3.18. The highest BCUT2D eigenvalue weighted by atomic mass is 16.5. The van der Waals surface area contributed by atoms with Crippen molar-refractivity contribution in [3.63, 3.8) is 0 Å². The minimum absolute atomic E-state index is 0.0473. The second-order valence-corrected chi connectivity index (χ2v) is 7.92. The zero-order valence-corrected chi connectivity index (χ0v) is 19.0. The van der Waals surface area contributed by atoms with Crippen LogP contribution in [0.4, 0.5) is 0 Å². The van der Waals surface area contributed by atoms with Crippen LogP contribution in [0.25, 0.3) is 0 Å². The minimum Gasteiger partial charge on any atom is -0.484 e. The van der Waals surface area contributed by atoms with Crippen LogP contribution in [0.15, 0.2) is 46.8 Å². The number of dihydropyridines is 1. The van der Waals surface area contributed by atoms with E-state index >= 15 is 0 Å². The van der Waals surface area contributed by atoms with Crippen LogP contribution in [0.3, 0.4) is 0 Å². The van der Waals surface area contributed by atoms with Crippen LogP contribution in [-0.2, 0) is 23.9 Å². The van der Waals surface area contributed by atoms with Crippen molar-refractivity contribution in [2.75, 3.05) is 33.9 Å². The molecule has 1 aromatic rings. The van der Waals surface area contributed by atoms with E-state index in [0.29, 0.717) is 33.9 Å². The Kier molecular flexibility index (Phi) is 7.56. The van der Waals surface area contributed by atoms with E-state index in [1.165, 1.54) is 14.2 Å². The molecule has 8 heteroatoms. The SMILES string of the molecule is COC(=O)C1=C(C)NC(C)=C(C(=O)OC)C1c1cccc(OCC(=O)N2CCCCC2)c1. The van der Waals surface area contributed by atoms with Crippen LogP contribution in [0.5, 0.6) is 5.75 Å². The molecule has 0 aromatic heterocycles. The molecule has 0 spiro atoms. The fourth-order valence-electron chi connectivity index (χ4n) is 4.25. The smallest absolute Gasteiger partial charge is 0.336 e. The van der Waals surface area contributed by atoms with Crippen molar-refractivity contribution in [2.45, 2.75) is 39.0 Å². The van der Waals surface area contributed by atoms with Gasteiger partial charge in [0.1, 0.15) is 5.75 Å². The predicted octanol–water partition coefficient (Wildman–Crippen LogP) is 2.66. The van der Waals surface area contributed by atoms with Crippen LogP contribution in [0, 0.1) is 0 Å². The van der Waals surface area contributed by atoms with E-state index in [9.17, 15) is 14.4 Å². The fourth-order valence-corrected chi connectivity index (χ4v) is 4.25. The fraction of sp³-hybridized carbons (Fsp3) is 0.458. The average molecular weight is 443 g/mol. The highest BCUT2D eigenvalue weighted by Gasteiger charge is 2.37. The molecule has 0 saturated carbocycles. The number of likely N-dealkylation sites (tertiary alicyclic amines) is 1. The van der Waals surface area contributed by atoms with Gasteiger partial charge in [-0.05, 0) is 50.8 Å². The molecule has 2 aliphatic rings. The number of rotatable bonds is 6. The van der Waals surface area contributed by atoms with Gasteiger partial charge in [-0.25, -0.2) is 9.59 Å². The number of carbonyl (C=O) groups is 3. The lowest BCUT2D eigenvalue weighted by molar-refractivity contribution is -0.137. The van der Waals surface area contributed by atoms with E-state index in [-0.39, 0.29) is 12.5 Å². The minimum atomic E-state index is -0.697. The Morgan fingerprint density at radius 2 is 1.56 bits per heavy atom. The van der Waals surface area contributed by atoms with Gasteiger partial charge in [0.05, 0.1) is 31.3 Å². The maximum absolute atomic E-state index is 12.6.